The molecule has 0 unspecified atom stereocenters. The summed E-state index contributed by atoms with van der Waals surface area (Å²) >= 11 is 0. The molecule has 0 spiro atoms. The predicted molar refractivity (Wildman–Crippen MR) is 133 cm³/mol. The number of nitrogens with zero attached hydrogens (tertiary/aromatic N) is 4. The third-order valence-corrected chi connectivity index (χ3v) is 6.28. The van der Waals surface area contributed by atoms with E-state index < -0.39 is 11.9 Å². The number of nitrogens with one attached hydrogen (secondary N) is 1. The smallest absolute Gasteiger partial charge is 0.307 e. The van der Waals surface area contributed by atoms with E-state index in [1.807, 2.05) is 26.0 Å². The summed E-state index contributed by atoms with van der Waals surface area (Å²) in [4.78, 5) is 14.4. The first kappa shape index (κ1) is 26.5. The van der Waals surface area contributed by atoms with Crippen molar-refractivity contribution >= 4 is 5.97 Å². The van der Waals surface area contributed by atoms with Crippen LogP contribution in [0.2, 0.25) is 0 Å². The van der Waals surface area contributed by atoms with Crippen molar-refractivity contribution in [3.8, 4) is 0 Å². The minimum Gasteiger partial charge on any atom is -0.481 e. The third-order valence-electron chi connectivity index (χ3n) is 6.28. The predicted octanol–water partition coefficient (Wildman–Crippen LogP) is 5.22. The Kier molecular flexibility index (Phi) is 11.0. The van der Waals surface area contributed by atoms with Crippen molar-refractivity contribution in [1.82, 2.24) is 25.5 Å². The standard InChI is InChI=1S/C26H39N5O2/c1-6-11-22(18-31-15-9-8-10-16-31)21(5)20(4)14-13-19(3)17-24(25-27-29-30-28-25)23(12-7-2)26(32)33/h6,11,13-14,23-24H,1,5,7-10,12,15-18H2,2-4H3,(H,32,33)(H,27,28,29,30)/b19-13+,20-14+,22-11-/t23-,24-/m0/s1. The third kappa shape index (κ3) is 8.24. The Bertz CT molecular complexity index is 877. The lowest BCUT2D eigenvalue weighted by Gasteiger charge is -2.28. The number of rotatable bonds is 13. The van der Waals surface area contributed by atoms with Crippen LogP contribution in [0.1, 0.15) is 71.0 Å². The number of aromatic amines is 1. The molecule has 1 aliphatic rings. The van der Waals surface area contributed by atoms with Gasteiger partial charge in [-0.05, 0) is 69.3 Å². The van der Waals surface area contributed by atoms with Gasteiger partial charge in [0.25, 0.3) is 0 Å². The van der Waals surface area contributed by atoms with Gasteiger partial charge in [0.15, 0.2) is 5.82 Å². The maximum atomic E-state index is 11.9. The number of aromatic nitrogens is 4. The molecule has 1 aliphatic heterocycles. The van der Waals surface area contributed by atoms with Gasteiger partial charge in [0.1, 0.15) is 0 Å². The maximum absolute atomic E-state index is 11.9. The lowest BCUT2D eigenvalue weighted by Crippen LogP contribution is -2.31. The van der Waals surface area contributed by atoms with Crippen LogP contribution in [0.25, 0.3) is 0 Å². The van der Waals surface area contributed by atoms with Gasteiger partial charge in [-0.15, -0.1) is 10.2 Å². The van der Waals surface area contributed by atoms with Crippen molar-refractivity contribution in [3.05, 3.63) is 65.6 Å². The first-order chi connectivity index (χ1) is 15.9. The van der Waals surface area contributed by atoms with Crippen LogP contribution >= 0.6 is 0 Å². The summed E-state index contributed by atoms with van der Waals surface area (Å²) in [5, 5.41) is 24.1. The second kappa shape index (κ2) is 13.7. The number of H-pyrrole nitrogens is 1. The Morgan fingerprint density at radius 3 is 2.52 bits per heavy atom. The molecule has 0 aliphatic carbocycles. The van der Waals surface area contributed by atoms with Gasteiger partial charge in [-0.1, -0.05) is 68.0 Å². The van der Waals surface area contributed by atoms with Gasteiger partial charge in [-0.3, -0.25) is 9.69 Å². The van der Waals surface area contributed by atoms with E-state index in [0.717, 1.165) is 42.8 Å². The van der Waals surface area contributed by atoms with Gasteiger partial charge in [0, 0.05) is 12.5 Å². The fourth-order valence-electron chi connectivity index (χ4n) is 4.33. The summed E-state index contributed by atoms with van der Waals surface area (Å²) in [7, 11) is 0. The Morgan fingerprint density at radius 2 is 1.94 bits per heavy atom. The molecule has 0 aromatic carbocycles. The molecule has 0 radical (unpaired) electrons. The van der Waals surface area contributed by atoms with Crippen LogP contribution in [-0.4, -0.2) is 56.2 Å². The summed E-state index contributed by atoms with van der Waals surface area (Å²) in [5.74, 6) is -1.25. The van der Waals surface area contributed by atoms with Crippen LogP contribution < -0.4 is 0 Å². The number of carboxylic acids is 1. The first-order valence-corrected chi connectivity index (χ1v) is 11.9. The number of piperidine rings is 1. The van der Waals surface area contributed by atoms with E-state index in [1.54, 1.807) is 0 Å². The Hall–Kier alpha value is -2.80. The number of tetrazole rings is 1. The largest absolute Gasteiger partial charge is 0.481 e. The SMILES string of the molecule is C=C/C=C(/CN1CCCCC1)C(=C)/C(C)=C/C=C(\C)C[C@H](c1nn[nH]n1)[C@H](CCC)C(=O)O. The molecule has 33 heavy (non-hydrogen) atoms. The molecule has 180 valence electrons. The number of carbonyl (C=O) groups is 1. The molecule has 2 N–H and O–H groups in total. The molecule has 7 heteroatoms. The lowest BCUT2D eigenvalue weighted by molar-refractivity contribution is -0.142. The molecule has 0 amide bonds. The molecular formula is C26H39N5O2. The molecule has 2 rings (SSSR count). The van der Waals surface area contributed by atoms with Crippen LogP contribution in [0.3, 0.4) is 0 Å². The average Bonchev–Trinajstić information content (AvgIpc) is 3.34. The van der Waals surface area contributed by atoms with E-state index >= 15 is 0 Å². The van der Waals surface area contributed by atoms with Gasteiger partial charge in [-0.2, -0.15) is 5.21 Å². The number of carboxylic acid groups (broad SMARTS) is 1. The molecular weight excluding hydrogens is 414 g/mol. The molecule has 2 atom stereocenters. The van der Waals surface area contributed by atoms with Gasteiger partial charge in [-0.25, -0.2) is 0 Å². The number of hydrogen-bond acceptors (Lipinski definition) is 5. The normalized spacial score (nSPS) is 18.1. The molecule has 0 bridgehead atoms. The molecule has 1 aromatic heterocycles. The Morgan fingerprint density at radius 1 is 1.21 bits per heavy atom. The van der Waals surface area contributed by atoms with E-state index in [9.17, 15) is 9.90 Å². The second-order valence-corrected chi connectivity index (χ2v) is 8.92. The van der Waals surface area contributed by atoms with E-state index in [2.05, 4.69) is 57.8 Å². The first-order valence-electron chi connectivity index (χ1n) is 11.9. The van der Waals surface area contributed by atoms with Crippen LogP contribution in [0.5, 0.6) is 0 Å². The van der Waals surface area contributed by atoms with Crippen molar-refractivity contribution < 1.29 is 9.90 Å². The minimum atomic E-state index is -0.823. The van der Waals surface area contributed by atoms with Gasteiger partial charge < -0.3 is 5.11 Å². The Labute approximate surface area is 198 Å². The number of allylic oxidation sites excluding steroid dienone is 6. The van der Waals surface area contributed by atoms with Gasteiger partial charge >= 0.3 is 5.97 Å². The summed E-state index contributed by atoms with van der Waals surface area (Å²) in [6, 6.07) is 0. The fraction of sp³-hybridized carbons (Fsp3) is 0.538. The summed E-state index contributed by atoms with van der Waals surface area (Å²) in [6.07, 6.45) is 13.7. The fourth-order valence-corrected chi connectivity index (χ4v) is 4.33. The van der Waals surface area contributed by atoms with Crippen molar-refractivity contribution in [1.29, 1.82) is 0 Å². The molecule has 1 fully saturated rings. The number of likely N-dealkylation sites (tertiary alicyclic amines) is 1. The highest BCUT2D eigenvalue weighted by Gasteiger charge is 2.31. The summed E-state index contributed by atoms with van der Waals surface area (Å²) < 4.78 is 0. The number of aliphatic carboxylic acids is 1. The summed E-state index contributed by atoms with van der Waals surface area (Å²) in [5.41, 5.74) is 4.34. The zero-order valence-electron chi connectivity index (χ0n) is 20.4. The van der Waals surface area contributed by atoms with Gasteiger partial charge in [0.2, 0.25) is 0 Å². The van der Waals surface area contributed by atoms with Crippen LogP contribution in [0.4, 0.5) is 0 Å². The highest BCUT2D eigenvalue weighted by molar-refractivity contribution is 5.71. The van der Waals surface area contributed by atoms with E-state index in [1.165, 1.54) is 24.8 Å². The van der Waals surface area contributed by atoms with Gasteiger partial charge in [0.05, 0.1) is 5.92 Å². The highest BCUT2D eigenvalue weighted by Crippen LogP contribution is 2.32. The summed E-state index contributed by atoms with van der Waals surface area (Å²) in [6.45, 7) is 17.4. The van der Waals surface area contributed by atoms with Crippen molar-refractivity contribution in [2.75, 3.05) is 19.6 Å². The lowest BCUT2D eigenvalue weighted by atomic mass is 9.83. The number of hydrogen-bond donors (Lipinski definition) is 2. The van der Waals surface area contributed by atoms with E-state index in [4.69, 9.17) is 0 Å². The monoisotopic (exact) mass is 453 g/mol. The molecule has 1 aromatic rings. The van der Waals surface area contributed by atoms with Crippen LogP contribution in [0.15, 0.2) is 59.8 Å². The average molecular weight is 454 g/mol. The van der Waals surface area contributed by atoms with Crippen molar-refractivity contribution in [2.45, 2.75) is 65.2 Å². The Balaban J connectivity index is 2.15. The quantitative estimate of drug-likeness (QED) is 0.398. The minimum absolute atomic E-state index is 0.329. The van der Waals surface area contributed by atoms with Crippen LogP contribution in [-0.2, 0) is 4.79 Å². The highest BCUT2D eigenvalue weighted by atomic mass is 16.4. The molecule has 2 heterocycles. The van der Waals surface area contributed by atoms with Crippen molar-refractivity contribution in [3.63, 3.8) is 0 Å². The van der Waals surface area contributed by atoms with Crippen molar-refractivity contribution in [2.24, 2.45) is 5.92 Å². The van der Waals surface area contributed by atoms with Crippen LogP contribution in [0, 0.1) is 5.92 Å². The molecule has 1 saturated heterocycles. The zero-order chi connectivity index (χ0) is 24.2. The maximum Gasteiger partial charge on any atom is 0.307 e. The van der Waals surface area contributed by atoms with E-state index in [0.29, 0.717) is 18.7 Å². The molecule has 0 saturated carbocycles. The topological polar surface area (TPSA) is 95.0 Å². The zero-order valence-corrected chi connectivity index (χ0v) is 20.4. The molecule has 7 nitrogen and oxygen atoms in total. The van der Waals surface area contributed by atoms with E-state index in [-0.39, 0.29) is 5.92 Å². The second-order valence-electron chi connectivity index (χ2n) is 8.92.